The minimum absolute atomic E-state index is 0.485. The molecule has 0 atom stereocenters. The molecule has 0 fully saturated rings. The summed E-state index contributed by atoms with van der Waals surface area (Å²) in [6.45, 7) is 3.10. The zero-order valence-corrected chi connectivity index (χ0v) is 8.14. The summed E-state index contributed by atoms with van der Waals surface area (Å²) in [6, 6.07) is 1.95. The third-order valence-electron chi connectivity index (χ3n) is 1.59. The van der Waals surface area contributed by atoms with Crippen molar-refractivity contribution >= 4 is 0 Å². The summed E-state index contributed by atoms with van der Waals surface area (Å²) in [5.74, 6) is -4.74. The normalized spacial score (nSPS) is 10.2. The van der Waals surface area contributed by atoms with Crippen LogP contribution in [0.15, 0.2) is 6.07 Å². The van der Waals surface area contributed by atoms with Gasteiger partial charge in [0.1, 0.15) is 6.07 Å². The summed E-state index contributed by atoms with van der Waals surface area (Å²) in [7, 11) is 0. The molecule has 0 N–H and O–H groups in total. The van der Waals surface area contributed by atoms with Crippen molar-refractivity contribution in [2.45, 2.75) is 20.0 Å². The predicted octanol–water partition coefficient (Wildman–Crippen LogP) is 2.76. The number of benzene rings is 1. The average Bonchev–Trinajstić information content (AvgIpc) is 2.18. The molecule has 80 valence electrons. The lowest BCUT2D eigenvalue weighted by molar-refractivity contribution is 0.216. The molecule has 2 nitrogen and oxygen atoms in total. The highest BCUT2D eigenvalue weighted by Crippen LogP contribution is 2.27. The number of hydrogen-bond donors (Lipinski definition) is 0. The predicted molar refractivity (Wildman–Crippen MR) is 46.8 cm³/mol. The van der Waals surface area contributed by atoms with Crippen molar-refractivity contribution in [2.75, 3.05) is 0 Å². The van der Waals surface area contributed by atoms with E-state index in [9.17, 15) is 13.2 Å². The van der Waals surface area contributed by atoms with Gasteiger partial charge in [-0.05, 0) is 19.9 Å². The first kappa shape index (κ1) is 11.4. The smallest absolute Gasteiger partial charge is 0.205 e. The minimum atomic E-state index is -1.47. The van der Waals surface area contributed by atoms with E-state index in [-0.39, 0.29) is 0 Å². The molecule has 0 heterocycles. The zero-order chi connectivity index (χ0) is 11.6. The largest absolute Gasteiger partial charge is 0.485 e. The van der Waals surface area contributed by atoms with Crippen LogP contribution in [0.25, 0.3) is 0 Å². The van der Waals surface area contributed by atoms with Crippen LogP contribution in [0.4, 0.5) is 13.2 Å². The van der Waals surface area contributed by atoms with Crippen LogP contribution in [-0.2, 0) is 0 Å². The maximum absolute atomic E-state index is 13.2. The molecule has 0 saturated carbocycles. The maximum Gasteiger partial charge on any atom is 0.205 e. The molecule has 0 aliphatic carbocycles. The van der Waals surface area contributed by atoms with Gasteiger partial charge in [-0.3, -0.25) is 0 Å². The fourth-order valence-corrected chi connectivity index (χ4v) is 1.00. The van der Waals surface area contributed by atoms with Gasteiger partial charge in [-0.25, -0.2) is 8.78 Å². The highest BCUT2D eigenvalue weighted by Gasteiger charge is 2.20. The van der Waals surface area contributed by atoms with E-state index >= 15 is 0 Å². The summed E-state index contributed by atoms with van der Waals surface area (Å²) in [5.41, 5.74) is -0.680. The SMILES string of the molecule is CC(C)Oc1c(F)cc(C#N)c(F)c1F. The first-order valence-corrected chi connectivity index (χ1v) is 4.21. The first-order chi connectivity index (χ1) is 6.97. The second-order valence-corrected chi connectivity index (χ2v) is 3.14. The molecule has 0 radical (unpaired) electrons. The summed E-state index contributed by atoms with van der Waals surface area (Å²) >= 11 is 0. The van der Waals surface area contributed by atoms with E-state index in [4.69, 9.17) is 10.00 Å². The van der Waals surface area contributed by atoms with E-state index in [2.05, 4.69) is 0 Å². The lowest BCUT2D eigenvalue weighted by atomic mass is 10.2. The van der Waals surface area contributed by atoms with Gasteiger partial charge in [0.2, 0.25) is 5.82 Å². The topological polar surface area (TPSA) is 33.0 Å². The number of halogens is 3. The monoisotopic (exact) mass is 215 g/mol. The Bertz CT molecular complexity index is 424. The molecule has 0 aromatic heterocycles. The molecule has 5 heteroatoms. The molecule has 0 saturated heterocycles. The molecule has 0 amide bonds. The fraction of sp³-hybridized carbons (Fsp3) is 0.300. The third-order valence-corrected chi connectivity index (χ3v) is 1.59. The van der Waals surface area contributed by atoms with Crippen molar-refractivity contribution in [3.8, 4) is 11.8 Å². The number of ether oxygens (including phenoxy) is 1. The number of nitrogens with zero attached hydrogens (tertiary/aromatic N) is 1. The molecule has 0 spiro atoms. The van der Waals surface area contributed by atoms with E-state index < -0.39 is 34.9 Å². The van der Waals surface area contributed by atoms with Gasteiger partial charge in [0.25, 0.3) is 0 Å². The number of rotatable bonds is 2. The van der Waals surface area contributed by atoms with Crippen molar-refractivity contribution in [2.24, 2.45) is 0 Å². The Kier molecular flexibility index (Phi) is 3.20. The highest BCUT2D eigenvalue weighted by atomic mass is 19.2. The summed E-state index contributed by atoms with van der Waals surface area (Å²) < 4.78 is 44.1. The fourth-order valence-electron chi connectivity index (χ4n) is 1.00. The molecule has 1 aromatic carbocycles. The summed E-state index contributed by atoms with van der Waals surface area (Å²) in [6.07, 6.45) is -0.485. The van der Waals surface area contributed by atoms with Gasteiger partial charge in [-0.1, -0.05) is 0 Å². The van der Waals surface area contributed by atoms with Gasteiger partial charge in [0.05, 0.1) is 11.7 Å². The van der Waals surface area contributed by atoms with E-state index in [1.165, 1.54) is 6.07 Å². The molecule has 0 bridgehead atoms. The van der Waals surface area contributed by atoms with Gasteiger partial charge in [0, 0.05) is 0 Å². The van der Waals surface area contributed by atoms with Crippen LogP contribution in [0.1, 0.15) is 19.4 Å². The van der Waals surface area contributed by atoms with Gasteiger partial charge >= 0.3 is 0 Å². The standard InChI is InChI=1S/C10H8F3NO/c1-5(2)15-10-7(11)3-6(4-14)8(12)9(10)13/h3,5H,1-2H3. The van der Waals surface area contributed by atoms with Crippen LogP contribution >= 0.6 is 0 Å². The average molecular weight is 215 g/mol. The van der Waals surface area contributed by atoms with Crippen molar-refractivity contribution in [3.05, 3.63) is 29.1 Å². The maximum atomic E-state index is 13.2. The second kappa shape index (κ2) is 4.22. The van der Waals surface area contributed by atoms with Gasteiger partial charge in [0.15, 0.2) is 17.4 Å². The Labute approximate surface area is 84.9 Å². The highest BCUT2D eigenvalue weighted by molar-refractivity contribution is 5.39. The van der Waals surface area contributed by atoms with Crippen molar-refractivity contribution in [1.29, 1.82) is 5.26 Å². The Morgan fingerprint density at radius 2 is 1.87 bits per heavy atom. The lowest BCUT2D eigenvalue weighted by Gasteiger charge is -2.11. The van der Waals surface area contributed by atoms with Crippen LogP contribution in [0, 0.1) is 28.8 Å². The summed E-state index contributed by atoms with van der Waals surface area (Å²) in [4.78, 5) is 0. The molecule has 1 aromatic rings. The molecular weight excluding hydrogens is 207 g/mol. The lowest BCUT2D eigenvalue weighted by Crippen LogP contribution is -2.10. The van der Waals surface area contributed by atoms with E-state index in [0.717, 1.165) is 0 Å². The van der Waals surface area contributed by atoms with Gasteiger partial charge in [-0.2, -0.15) is 9.65 Å². The van der Waals surface area contributed by atoms with E-state index in [1.807, 2.05) is 0 Å². The Morgan fingerprint density at radius 3 is 2.33 bits per heavy atom. The van der Waals surface area contributed by atoms with Crippen molar-refractivity contribution in [3.63, 3.8) is 0 Å². The molecule has 0 unspecified atom stereocenters. The van der Waals surface area contributed by atoms with Crippen LogP contribution < -0.4 is 4.74 Å². The Hall–Kier alpha value is -1.70. The molecule has 0 aliphatic heterocycles. The van der Waals surface area contributed by atoms with Crippen LogP contribution in [0.5, 0.6) is 5.75 Å². The molecule has 1 rings (SSSR count). The first-order valence-electron chi connectivity index (χ1n) is 4.21. The molecule has 15 heavy (non-hydrogen) atoms. The van der Waals surface area contributed by atoms with Gasteiger partial charge in [-0.15, -0.1) is 0 Å². The third kappa shape index (κ3) is 2.21. The van der Waals surface area contributed by atoms with E-state index in [1.54, 1.807) is 13.8 Å². The minimum Gasteiger partial charge on any atom is -0.485 e. The van der Waals surface area contributed by atoms with E-state index in [0.29, 0.717) is 6.07 Å². The van der Waals surface area contributed by atoms with Crippen molar-refractivity contribution in [1.82, 2.24) is 0 Å². The molecule has 0 aliphatic rings. The van der Waals surface area contributed by atoms with Gasteiger partial charge < -0.3 is 4.74 Å². The second-order valence-electron chi connectivity index (χ2n) is 3.14. The zero-order valence-electron chi connectivity index (χ0n) is 8.14. The summed E-state index contributed by atoms with van der Waals surface area (Å²) in [5, 5.41) is 8.38. The number of nitriles is 1. The molecular formula is C10H8F3NO. The van der Waals surface area contributed by atoms with Crippen molar-refractivity contribution < 1.29 is 17.9 Å². The Balaban J connectivity index is 3.31. The van der Waals surface area contributed by atoms with Crippen LogP contribution in [-0.4, -0.2) is 6.10 Å². The quantitative estimate of drug-likeness (QED) is 0.710. The number of hydrogen-bond acceptors (Lipinski definition) is 2. The Morgan fingerprint density at radius 1 is 1.27 bits per heavy atom. The van der Waals surface area contributed by atoms with Crippen LogP contribution in [0.3, 0.4) is 0 Å². The van der Waals surface area contributed by atoms with Crippen LogP contribution in [0.2, 0.25) is 0 Å².